The zero-order valence-electron chi connectivity index (χ0n) is 11.7. The molecule has 1 spiro atoms. The predicted octanol–water partition coefficient (Wildman–Crippen LogP) is 3.70. The molecule has 18 heavy (non-hydrogen) atoms. The van der Waals surface area contributed by atoms with E-state index in [1.807, 2.05) is 0 Å². The van der Waals surface area contributed by atoms with Crippen molar-refractivity contribution in [3.63, 3.8) is 0 Å². The van der Waals surface area contributed by atoms with Gasteiger partial charge in [-0.15, -0.1) is 0 Å². The van der Waals surface area contributed by atoms with Crippen LogP contribution in [0.1, 0.15) is 38.3 Å². The fourth-order valence-electron chi connectivity index (χ4n) is 3.69. The number of benzene rings is 1. The summed E-state index contributed by atoms with van der Waals surface area (Å²) < 4.78 is 0. The van der Waals surface area contributed by atoms with E-state index >= 15 is 0 Å². The quantitative estimate of drug-likeness (QED) is 0.724. The minimum atomic E-state index is 0.308. The molecule has 1 aromatic carbocycles. The zero-order valence-corrected chi connectivity index (χ0v) is 11.7. The number of rotatable bonds is 1. The van der Waals surface area contributed by atoms with Gasteiger partial charge >= 0.3 is 0 Å². The van der Waals surface area contributed by atoms with Gasteiger partial charge in [0, 0.05) is 18.0 Å². The molecule has 0 bridgehead atoms. The van der Waals surface area contributed by atoms with Gasteiger partial charge < -0.3 is 4.90 Å². The van der Waals surface area contributed by atoms with Crippen LogP contribution in [0.5, 0.6) is 0 Å². The monoisotopic (exact) mass is 241 g/mol. The van der Waals surface area contributed by atoms with E-state index in [0.717, 1.165) is 0 Å². The molecule has 96 valence electrons. The van der Waals surface area contributed by atoms with E-state index in [4.69, 9.17) is 0 Å². The fourth-order valence-corrected chi connectivity index (χ4v) is 3.69. The van der Waals surface area contributed by atoms with Crippen LogP contribution in [0.25, 0.3) is 6.08 Å². The van der Waals surface area contributed by atoms with Crippen molar-refractivity contribution in [2.75, 3.05) is 13.1 Å². The minimum Gasteiger partial charge on any atom is -0.301 e. The molecule has 1 aromatic rings. The molecule has 0 saturated carbocycles. The van der Waals surface area contributed by atoms with Gasteiger partial charge in [-0.05, 0) is 43.9 Å². The molecular weight excluding hydrogens is 218 g/mol. The van der Waals surface area contributed by atoms with Crippen LogP contribution in [0.4, 0.5) is 0 Å². The summed E-state index contributed by atoms with van der Waals surface area (Å²) in [5.41, 5.74) is 3.30. The first-order valence-corrected chi connectivity index (χ1v) is 7.16. The fraction of sp³-hybridized carbons (Fsp3) is 0.529. The number of nitrogens with zero attached hydrogens (tertiary/aromatic N) is 1. The summed E-state index contributed by atoms with van der Waals surface area (Å²) in [6.45, 7) is 9.48. The van der Waals surface area contributed by atoms with Gasteiger partial charge in [-0.1, -0.05) is 43.3 Å². The number of hydrogen-bond donors (Lipinski definition) is 0. The summed E-state index contributed by atoms with van der Waals surface area (Å²) in [6, 6.07) is 9.59. The average molecular weight is 241 g/mol. The SMILES string of the molecule is CC(C)N1CCC2(C=Cc3ccccc32)[C@@H](C)C1. The average Bonchev–Trinajstić information content (AvgIpc) is 2.73. The normalized spacial score (nSPS) is 31.2. The molecule has 0 N–H and O–H groups in total. The van der Waals surface area contributed by atoms with Gasteiger partial charge in [0.25, 0.3) is 0 Å². The second-order valence-electron chi connectivity index (χ2n) is 6.20. The highest BCUT2D eigenvalue weighted by Crippen LogP contribution is 2.46. The van der Waals surface area contributed by atoms with E-state index < -0.39 is 0 Å². The number of piperidine rings is 1. The molecule has 1 heterocycles. The Morgan fingerprint density at radius 1 is 1.28 bits per heavy atom. The van der Waals surface area contributed by atoms with Crippen LogP contribution in [-0.4, -0.2) is 24.0 Å². The van der Waals surface area contributed by atoms with E-state index in [9.17, 15) is 0 Å². The van der Waals surface area contributed by atoms with E-state index in [0.29, 0.717) is 17.4 Å². The van der Waals surface area contributed by atoms with E-state index in [-0.39, 0.29) is 0 Å². The maximum atomic E-state index is 2.62. The standard InChI is InChI=1S/C17H23N/c1-13(2)18-11-10-17(14(3)12-18)9-8-15-6-4-5-7-16(15)17/h4-9,13-14H,10-12H2,1-3H3/t14-,17?/m0/s1. The summed E-state index contributed by atoms with van der Waals surface area (Å²) in [7, 11) is 0. The van der Waals surface area contributed by atoms with Gasteiger partial charge in [-0.25, -0.2) is 0 Å². The summed E-state index contributed by atoms with van der Waals surface area (Å²) in [5.74, 6) is 0.702. The second-order valence-corrected chi connectivity index (χ2v) is 6.20. The summed E-state index contributed by atoms with van der Waals surface area (Å²) >= 11 is 0. The largest absolute Gasteiger partial charge is 0.301 e. The van der Waals surface area contributed by atoms with Gasteiger partial charge in [-0.2, -0.15) is 0 Å². The highest BCUT2D eigenvalue weighted by atomic mass is 15.2. The number of fused-ring (bicyclic) bond motifs is 2. The molecule has 1 heteroatoms. The maximum absolute atomic E-state index is 2.62. The van der Waals surface area contributed by atoms with Crippen LogP contribution in [0.15, 0.2) is 30.3 Å². The Kier molecular flexibility index (Phi) is 2.82. The Morgan fingerprint density at radius 2 is 2.06 bits per heavy atom. The van der Waals surface area contributed by atoms with E-state index in [1.54, 1.807) is 5.56 Å². The van der Waals surface area contributed by atoms with Crippen molar-refractivity contribution >= 4 is 6.08 Å². The number of allylic oxidation sites excluding steroid dienone is 1. The molecular formula is C17H23N. The third-order valence-corrected chi connectivity index (χ3v) is 4.95. The molecule has 1 aliphatic heterocycles. The molecule has 1 saturated heterocycles. The van der Waals surface area contributed by atoms with Crippen LogP contribution in [0.3, 0.4) is 0 Å². The third-order valence-electron chi connectivity index (χ3n) is 4.95. The molecule has 0 amide bonds. The van der Waals surface area contributed by atoms with Gasteiger partial charge in [0.2, 0.25) is 0 Å². The van der Waals surface area contributed by atoms with Gasteiger partial charge in [0.05, 0.1) is 0 Å². The highest BCUT2D eigenvalue weighted by molar-refractivity contribution is 5.65. The van der Waals surface area contributed by atoms with Crippen molar-refractivity contribution in [1.82, 2.24) is 4.90 Å². The summed E-state index contributed by atoms with van der Waals surface area (Å²) in [5, 5.41) is 0. The van der Waals surface area contributed by atoms with Gasteiger partial charge in [-0.3, -0.25) is 0 Å². The molecule has 1 nitrogen and oxygen atoms in total. The lowest BCUT2D eigenvalue weighted by atomic mass is 9.68. The van der Waals surface area contributed by atoms with Crippen molar-refractivity contribution in [3.05, 3.63) is 41.5 Å². The zero-order chi connectivity index (χ0) is 12.8. The Bertz CT molecular complexity index is 474. The Balaban J connectivity index is 1.93. The van der Waals surface area contributed by atoms with Crippen molar-refractivity contribution < 1.29 is 0 Å². The van der Waals surface area contributed by atoms with Crippen molar-refractivity contribution in [2.45, 2.75) is 38.6 Å². The van der Waals surface area contributed by atoms with Crippen LogP contribution >= 0.6 is 0 Å². The Hall–Kier alpha value is -1.08. The molecule has 2 atom stereocenters. The van der Waals surface area contributed by atoms with Crippen molar-refractivity contribution in [2.24, 2.45) is 5.92 Å². The Labute approximate surface area is 111 Å². The first kappa shape index (κ1) is 12.0. The molecule has 0 radical (unpaired) electrons. The van der Waals surface area contributed by atoms with Crippen LogP contribution in [0.2, 0.25) is 0 Å². The van der Waals surface area contributed by atoms with Gasteiger partial charge in [0.15, 0.2) is 0 Å². The topological polar surface area (TPSA) is 3.24 Å². The summed E-state index contributed by atoms with van der Waals surface area (Å²) in [6.07, 6.45) is 6.07. The van der Waals surface area contributed by atoms with Gasteiger partial charge in [0.1, 0.15) is 0 Å². The van der Waals surface area contributed by atoms with E-state index in [1.165, 1.54) is 25.1 Å². The minimum absolute atomic E-state index is 0.308. The maximum Gasteiger partial charge on any atom is 0.0191 e. The molecule has 1 fully saturated rings. The lowest BCUT2D eigenvalue weighted by Crippen LogP contribution is -2.49. The second kappa shape index (κ2) is 4.24. The van der Waals surface area contributed by atoms with Crippen LogP contribution in [0, 0.1) is 5.92 Å². The third kappa shape index (κ3) is 1.65. The number of likely N-dealkylation sites (tertiary alicyclic amines) is 1. The predicted molar refractivity (Wildman–Crippen MR) is 77.6 cm³/mol. The molecule has 0 aromatic heterocycles. The molecule has 2 aliphatic rings. The number of hydrogen-bond acceptors (Lipinski definition) is 1. The lowest BCUT2D eigenvalue weighted by Gasteiger charge is -2.46. The molecule has 1 aliphatic carbocycles. The smallest absolute Gasteiger partial charge is 0.0191 e. The Morgan fingerprint density at radius 3 is 2.78 bits per heavy atom. The summed E-state index contributed by atoms with van der Waals surface area (Å²) in [4.78, 5) is 2.62. The molecule has 3 rings (SSSR count). The van der Waals surface area contributed by atoms with Crippen molar-refractivity contribution in [3.8, 4) is 0 Å². The lowest BCUT2D eigenvalue weighted by molar-refractivity contribution is 0.102. The van der Waals surface area contributed by atoms with Crippen LogP contribution in [-0.2, 0) is 5.41 Å². The first-order chi connectivity index (χ1) is 8.63. The first-order valence-electron chi connectivity index (χ1n) is 7.16. The van der Waals surface area contributed by atoms with Crippen LogP contribution < -0.4 is 0 Å². The van der Waals surface area contributed by atoms with E-state index in [2.05, 4.69) is 62.1 Å². The molecule has 1 unspecified atom stereocenters. The highest BCUT2D eigenvalue weighted by Gasteiger charge is 2.43. The van der Waals surface area contributed by atoms with Crippen molar-refractivity contribution in [1.29, 1.82) is 0 Å².